The molecule has 0 aromatic heterocycles. The second-order valence-electron chi connectivity index (χ2n) is 8.66. The van der Waals surface area contributed by atoms with Crippen LogP contribution < -0.4 is 0 Å². The summed E-state index contributed by atoms with van der Waals surface area (Å²) in [5, 5.41) is 9.21. The number of rotatable bonds is 5. The van der Waals surface area contributed by atoms with Crippen molar-refractivity contribution < 1.29 is 8.42 Å². The molecule has 3 heterocycles. The SMILES string of the molecule is CCCC[C@@H]1[C@H]2CCCN3CCC[C@@H](CN1S(=O)(=O)c1cccc(C#N)c1)[C@@H]23. The summed E-state index contributed by atoms with van der Waals surface area (Å²) in [5.74, 6) is 0.874. The Hall–Kier alpha value is -1.42. The standard InChI is InChI=1S/C22H31N3O2S/c1-2-3-11-21-20-10-6-13-24-12-5-8-18(22(20)24)16-25(21)28(26,27)19-9-4-7-17(14-19)15-23/h4,7,9,14,18,20-22H,2-3,5-6,8,10-13,16H2,1H3/t18-,20+,21+,22-/m0/s1. The third kappa shape index (κ3) is 3.49. The Bertz CT molecular complexity index is 846. The number of nitriles is 1. The summed E-state index contributed by atoms with van der Waals surface area (Å²) in [7, 11) is -3.60. The van der Waals surface area contributed by atoms with Gasteiger partial charge in [-0.25, -0.2) is 8.42 Å². The number of piperidine rings is 3. The van der Waals surface area contributed by atoms with E-state index in [0.29, 0.717) is 30.0 Å². The number of benzene rings is 1. The average Bonchev–Trinajstić information content (AvgIpc) is 2.73. The van der Waals surface area contributed by atoms with Crippen LogP contribution in [-0.2, 0) is 10.0 Å². The van der Waals surface area contributed by atoms with Gasteiger partial charge < -0.3 is 0 Å². The summed E-state index contributed by atoms with van der Waals surface area (Å²) < 4.78 is 29.2. The number of hydrogen-bond donors (Lipinski definition) is 0. The summed E-state index contributed by atoms with van der Waals surface area (Å²) in [6, 6.07) is 9.25. The molecule has 3 aliphatic rings. The third-order valence-electron chi connectivity index (χ3n) is 7.05. The highest BCUT2D eigenvalue weighted by molar-refractivity contribution is 7.89. The summed E-state index contributed by atoms with van der Waals surface area (Å²) >= 11 is 0. The molecular formula is C22H31N3O2S. The molecule has 5 nitrogen and oxygen atoms in total. The van der Waals surface area contributed by atoms with Crippen LogP contribution in [0.4, 0.5) is 0 Å². The van der Waals surface area contributed by atoms with Gasteiger partial charge in [0.25, 0.3) is 0 Å². The van der Waals surface area contributed by atoms with Crippen molar-refractivity contribution in [3.63, 3.8) is 0 Å². The predicted octanol–water partition coefficient (Wildman–Crippen LogP) is 3.61. The summed E-state index contributed by atoms with van der Waals surface area (Å²) in [5.41, 5.74) is 0.405. The average molecular weight is 402 g/mol. The molecule has 1 aromatic rings. The first-order valence-corrected chi connectivity index (χ1v) is 12.3. The Labute approximate surface area is 169 Å². The third-order valence-corrected chi connectivity index (χ3v) is 8.94. The molecule has 0 bridgehead atoms. The van der Waals surface area contributed by atoms with Gasteiger partial charge >= 0.3 is 0 Å². The topological polar surface area (TPSA) is 64.4 Å². The summed E-state index contributed by atoms with van der Waals surface area (Å²) in [6.07, 6.45) is 7.69. The Balaban J connectivity index is 1.72. The lowest BCUT2D eigenvalue weighted by atomic mass is 9.70. The minimum Gasteiger partial charge on any atom is -0.300 e. The molecule has 0 spiro atoms. The highest BCUT2D eigenvalue weighted by atomic mass is 32.2. The van der Waals surface area contributed by atoms with Crippen molar-refractivity contribution >= 4 is 10.0 Å². The molecule has 0 radical (unpaired) electrons. The van der Waals surface area contributed by atoms with E-state index in [9.17, 15) is 13.7 Å². The molecule has 4 atom stereocenters. The number of hydrogen-bond acceptors (Lipinski definition) is 4. The van der Waals surface area contributed by atoms with E-state index >= 15 is 0 Å². The molecule has 28 heavy (non-hydrogen) atoms. The summed E-state index contributed by atoms with van der Waals surface area (Å²) in [6.45, 7) is 5.16. The smallest absolute Gasteiger partial charge is 0.243 e. The molecular weight excluding hydrogens is 370 g/mol. The molecule has 3 saturated heterocycles. The lowest BCUT2D eigenvalue weighted by Gasteiger charge is -2.57. The van der Waals surface area contributed by atoms with Gasteiger partial charge in [-0.1, -0.05) is 25.8 Å². The number of sulfonamides is 1. The molecule has 3 fully saturated rings. The number of unbranched alkanes of at least 4 members (excludes halogenated alkanes) is 1. The fourth-order valence-corrected chi connectivity index (χ4v) is 7.67. The van der Waals surface area contributed by atoms with E-state index in [1.807, 2.05) is 4.31 Å². The maximum atomic E-state index is 13.7. The predicted molar refractivity (Wildman–Crippen MR) is 109 cm³/mol. The van der Waals surface area contributed by atoms with Crippen LogP contribution in [0.1, 0.15) is 57.4 Å². The first-order chi connectivity index (χ1) is 13.6. The van der Waals surface area contributed by atoms with E-state index in [1.54, 1.807) is 18.2 Å². The minimum atomic E-state index is -3.60. The lowest BCUT2D eigenvalue weighted by Crippen LogP contribution is -2.65. The van der Waals surface area contributed by atoms with Gasteiger partial charge in [-0.2, -0.15) is 9.57 Å². The zero-order valence-electron chi connectivity index (χ0n) is 16.8. The van der Waals surface area contributed by atoms with Gasteiger partial charge in [0.2, 0.25) is 10.0 Å². The Morgan fingerprint density at radius 1 is 1.21 bits per heavy atom. The van der Waals surface area contributed by atoms with Gasteiger partial charge in [0, 0.05) is 18.6 Å². The van der Waals surface area contributed by atoms with Crippen LogP contribution >= 0.6 is 0 Å². The van der Waals surface area contributed by atoms with E-state index in [4.69, 9.17) is 0 Å². The van der Waals surface area contributed by atoms with Crippen LogP contribution in [0.5, 0.6) is 0 Å². The van der Waals surface area contributed by atoms with Crippen LogP contribution in [0.2, 0.25) is 0 Å². The molecule has 0 amide bonds. The fraction of sp³-hybridized carbons (Fsp3) is 0.682. The van der Waals surface area contributed by atoms with E-state index in [-0.39, 0.29) is 10.9 Å². The molecule has 4 rings (SSSR count). The molecule has 152 valence electrons. The van der Waals surface area contributed by atoms with Crippen molar-refractivity contribution in [3.05, 3.63) is 29.8 Å². The Morgan fingerprint density at radius 2 is 2.00 bits per heavy atom. The first kappa shape index (κ1) is 19.9. The van der Waals surface area contributed by atoms with Crippen molar-refractivity contribution in [3.8, 4) is 6.07 Å². The molecule has 3 aliphatic heterocycles. The van der Waals surface area contributed by atoms with Crippen molar-refractivity contribution in [2.75, 3.05) is 19.6 Å². The van der Waals surface area contributed by atoms with Gasteiger partial charge in [-0.3, -0.25) is 4.90 Å². The van der Waals surface area contributed by atoms with Crippen LogP contribution in [0.15, 0.2) is 29.2 Å². The first-order valence-electron chi connectivity index (χ1n) is 10.8. The van der Waals surface area contributed by atoms with E-state index in [0.717, 1.165) is 32.1 Å². The minimum absolute atomic E-state index is 0.0813. The highest BCUT2D eigenvalue weighted by Gasteiger charge is 2.51. The normalized spacial score (nSPS) is 31.1. The molecule has 0 unspecified atom stereocenters. The zero-order valence-corrected chi connectivity index (χ0v) is 17.6. The molecule has 0 aliphatic carbocycles. The van der Waals surface area contributed by atoms with E-state index in [2.05, 4.69) is 17.9 Å². The monoisotopic (exact) mass is 401 g/mol. The Morgan fingerprint density at radius 3 is 2.75 bits per heavy atom. The lowest BCUT2D eigenvalue weighted by molar-refractivity contribution is -0.0523. The van der Waals surface area contributed by atoms with Crippen molar-refractivity contribution in [2.45, 2.75) is 68.8 Å². The fourth-order valence-electron chi connectivity index (χ4n) is 5.87. The molecule has 1 aromatic carbocycles. The van der Waals surface area contributed by atoms with Crippen LogP contribution in [-0.4, -0.2) is 49.3 Å². The van der Waals surface area contributed by atoms with Crippen molar-refractivity contribution in [1.29, 1.82) is 5.26 Å². The Kier molecular flexibility index (Phi) is 5.78. The van der Waals surface area contributed by atoms with Crippen molar-refractivity contribution in [1.82, 2.24) is 9.21 Å². The van der Waals surface area contributed by atoms with Gasteiger partial charge in [-0.15, -0.1) is 0 Å². The van der Waals surface area contributed by atoms with Gasteiger partial charge in [-0.05, 0) is 75.2 Å². The van der Waals surface area contributed by atoms with E-state index in [1.165, 1.54) is 32.0 Å². The van der Waals surface area contributed by atoms with Crippen LogP contribution in [0, 0.1) is 23.2 Å². The molecule has 0 saturated carbocycles. The van der Waals surface area contributed by atoms with Gasteiger partial charge in [0.05, 0.1) is 16.5 Å². The van der Waals surface area contributed by atoms with Crippen LogP contribution in [0.25, 0.3) is 0 Å². The maximum Gasteiger partial charge on any atom is 0.243 e. The van der Waals surface area contributed by atoms with Crippen molar-refractivity contribution in [2.24, 2.45) is 11.8 Å². The largest absolute Gasteiger partial charge is 0.300 e. The van der Waals surface area contributed by atoms with Crippen LogP contribution in [0.3, 0.4) is 0 Å². The molecule has 6 heteroatoms. The molecule has 0 N–H and O–H groups in total. The van der Waals surface area contributed by atoms with E-state index < -0.39 is 10.0 Å². The quantitative estimate of drug-likeness (QED) is 0.756. The van der Waals surface area contributed by atoms with Gasteiger partial charge in [0.1, 0.15) is 0 Å². The summed E-state index contributed by atoms with van der Waals surface area (Å²) in [4.78, 5) is 2.93. The number of nitrogens with zero attached hydrogens (tertiary/aromatic N) is 3. The zero-order chi connectivity index (χ0) is 19.7. The highest BCUT2D eigenvalue weighted by Crippen LogP contribution is 2.45. The van der Waals surface area contributed by atoms with Gasteiger partial charge in [0.15, 0.2) is 0 Å². The maximum absolute atomic E-state index is 13.7. The second-order valence-corrected chi connectivity index (χ2v) is 10.5. The second kappa shape index (κ2) is 8.14.